The molecule has 1 amide bonds. The molecule has 1 aliphatic rings. The zero-order valence-corrected chi connectivity index (χ0v) is 15.9. The third-order valence-electron chi connectivity index (χ3n) is 5.37. The van der Waals surface area contributed by atoms with Crippen LogP contribution in [0.15, 0.2) is 36.9 Å². The van der Waals surface area contributed by atoms with E-state index in [1.54, 1.807) is 42.2 Å². The number of hydrogen-bond donors (Lipinski definition) is 5. The van der Waals surface area contributed by atoms with Crippen LogP contribution in [0.25, 0.3) is 11.2 Å². The highest BCUT2D eigenvalue weighted by atomic mass is 16.3. The maximum absolute atomic E-state index is 12.6. The van der Waals surface area contributed by atoms with Gasteiger partial charge in [0.05, 0.1) is 18.4 Å². The minimum absolute atomic E-state index is 0.319. The Morgan fingerprint density at radius 3 is 2.66 bits per heavy atom. The lowest BCUT2D eigenvalue weighted by atomic mass is 10.1. The van der Waals surface area contributed by atoms with Crippen LogP contribution in [-0.4, -0.2) is 60.9 Å². The van der Waals surface area contributed by atoms with Crippen LogP contribution in [0.2, 0.25) is 0 Å². The fourth-order valence-electron chi connectivity index (χ4n) is 3.75. The molecule has 0 aliphatic heterocycles. The van der Waals surface area contributed by atoms with Gasteiger partial charge in [0.2, 0.25) is 0 Å². The van der Waals surface area contributed by atoms with E-state index < -0.39 is 24.3 Å². The first-order valence-corrected chi connectivity index (χ1v) is 9.34. The monoisotopic (exact) mass is 397 g/mol. The van der Waals surface area contributed by atoms with Crippen molar-refractivity contribution in [2.45, 2.75) is 37.3 Å². The van der Waals surface area contributed by atoms with Gasteiger partial charge in [0, 0.05) is 19.2 Å². The molecule has 152 valence electrons. The Bertz CT molecular complexity index is 1020. The van der Waals surface area contributed by atoms with Crippen molar-refractivity contribution >= 4 is 22.9 Å². The molecule has 10 heteroatoms. The number of rotatable bonds is 5. The number of aliphatic hydroxyl groups is 2. The van der Waals surface area contributed by atoms with Crippen LogP contribution >= 0.6 is 0 Å². The third-order valence-corrected chi connectivity index (χ3v) is 5.37. The summed E-state index contributed by atoms with van der Waals surface area (Å²) in [6.07, 6.45) is 1.12. The minimum atomic E-state index is -1.12. The number of nitrogens with zero attached hydrogens (tertiary/aromatic N) is 4. The molecule has 29 heavy (non-hydrogen) atoms. The van der Waals surface area contributed by atoms with Crippen molar-refractivity contribution in [3.05, 3.63) is 48.0 Å². The van der Waals surface area contributed by atoms with E-state index in [9.17, 15) is 15.0 Å². The molecule has 4 rings (SSSR count). The van der Waals surface area contributed by atoms with Gasteiger partial charge in [-0.2, -0.15) is 0 Å². The van der Waals surface area contributed by atoms with Gasteiger partial charge in [-0.15, -0.1) is 0 Å². The number of nitrogens with one attached hydrogen (secondary N) is 2. The first kappa shape index (κ1) is 19.2. The number of amides is 1. The molecule has 0 spiro atoms. The molecule has 0 bridgehead atoms. The summed E-state index contributed by atoms with van der Waals surface area (Å²) in [6, 6.07) is 5.85. The second-order valence-corrected chi connectivity index (χ2v) is 7.06. The Balaban J connectivity index is 1.54. The molecule has 0 unspecified atom stereocenters. The normalized spacial score (nSPS) is 24.0. The lowest BCUT2D eigenvalue weighted by Crippen LogP contribution is -2.43. The Labute approximate surface area is 166 Å². The van der Waals surface area contributed by atoms with E-state index in [1.165, 1.54) is 6.33 Å². The first-order valence-electron chi connectivity index (χ1n) is 9.34. The summed E-state index contributed by atoms with van der Waals surface area (Å²) in [4.78, 5) is 25.3. The molecule has 1 aromatic carbocycles. The third kappa shape index (κ3) is 3.41. The Hall–Kier alpha value is -3.08. The van der Waals surface area contributed by atoms with Gasteiger partial charge in [-0.25, -0.2) is 15.0 Å². The Morgan fingerprint density at radius 1 is 1.21 bits per heavy atom. The van der Waals surface area contributed by atoms with E-state index in [1.807, 2.05) is 0 Å². The number of benzene rings is 1. The molecule has 0 radical (unpaired) electrons. The fraction of sp³-hybridized carbons (Fsp3) is 0.368. The first-order chi connectivity index (χ1) is 14.0. The molecule has 1 saturated carbocycles. The SMILES string of the molecule is CNc1ncnc2c1ncn2[C@@H]1C[C@H](NC(=O)c2ccc(CN)cc2)[C@H](O)[C@@H]1O. The summed E-state index contributed by atoms with van der Waals surface area (Å²) in [5.74, 6) is 0.258. The maximum atomic E-state index is 12.6. The van der Waals surface area contributed by atoms with Crippen LogP contribution in [0.4, 0.5) is 5.82 Å². The molecule has 0 saturated heterocycles. The zero-order chi connectivity index (χ0) is 20.5. The number of hydrogen-bond acceptors (Lipinski definition) is 8. The highest BCUT2D eigenvalue weighted by Gasteiger charge is 2.43. The van der Waals surface area contributed by atoms with Gasteiger partial charge >= 0.3 is 0 Å². The summed E-state index contributed by atoms with van der Waals surface area (Å²) in [7, 11) is 1.74. The minimum Gasteiger partial charge on any atom is -0.388 e. The van der Waals surface area contributed by atoms with Gasteiger partial charge in [-0.05, 0) is 24.1 Å². The van der Waals surface area contributed by atoms with E-state index in [2.05, 4.69) is 25.6 Å². The van der Waals surface area contributed by atoms with E-state index in [-0.39, 0.29) is 5.91 Å². The van der Waals surface area contributed by atoms with Crippen molar-refractivity contribution in [2.75, 3.05) is 12.4 Å². The van der Waals surface area contributed by atoms with Crippen LogP contribution in [0.1, 0.15) is 28.4 Å². The van der Waals surface area contributed by atoms with E-state index >= 15 is 0 Å². The molecular weight excluding hydrogens is 374 g/mol. The highest BCUT2D eigenvalue weighted by Crippen LogP contribution is 2.33. The van der Waals surface area contributed by atoms with Crippen molar-refractivity contribution in [2.24, 2.45) is 5.73 Å². The van der Waals surface area contributed by atoms with Crippen molar-refractivity contribution in [1.82, 2.24) is 24.8 Å². The van der Waals surface area contributed by atoms with Crippen molar-refractivity contribution in [3.63, 3.8) is 0 Å². The average Bonchev–Trinajstić information content (AvgIpc) is 3.30. The summed E-state index contributed by atoms with van der Waals surface area (Å²) in [5.41, 5.74) is 8.09. The number of anilines is 1. The quantitative estimate of drug-likeness (QED) is 0.397. The van der Waals surface area contributed by atoms with Crippen LogP contribution in [-0.2, 0) is 6.54 Å². The lowest BCUT2D eigenvalue weighted by Gasteiger charge is -2.18. The molecule has 2 aromatic heterocycles. The van der Waals surface area contributed by atoms with Gasteiger partial charge < -0.3 is 31.1 Å². The summed E-state index contributed by atoms with van der Waals surface area (Å²) < 4.78 is 1.72. The van der Waals surface area contributed by atoms with Gasteiger partial charge in [0.25, 0.3) is 5.91 Å². The number of carbonyl (C=O) groups excluding carboxylic acids is 1. The zero-order valence-electron chi connectivity index (χ0n) is 15.9. The Morgan fingerprint density at radius 2 is 1.97 bits per heavy atom. The number of carbonyl (C=O) groups is 1. The maximum Gasteiger partial charge on any atom is 0.251 e. The largest absolute Gasteiger partial charge is 0.388 e. The van der Waals surface area contributed by atoms with Crippen LogP contribution in [0.3, 0.4) is 0 Å². The molecule has 1 aliphatic carbocycles. The molecular formula is C19H23N7O3. The van der Waals surface area contributed by atoms with Crippen LogP contribution in [0, 0.1) is 0 Å². The standard InChI is InChI=1S/C19H23N7O3/c1-21-17-14-18(23-8-22-17)26(9-24-14)13-6-12(15(27)16(13)28)25-19(29)11-4-2-10(7-20)3-5-11/h2-5,8-9,12-13,15-16,27-28H,6-7,20H2,1H3,(H,25,29)(H,21,22,23)/t12-,13+,15-,16+/m0/s1. The average molecular weight is 397 g/mol. The van der Waals surface area contributed by atoms with E-state index in [0.29, 0.717) is 35.5 Å². The fourth-order valence-corrected chi connectivity index (χ4v) is 3.75. The summed E-state index contributed by atoms with van der Waals surface area (Å²) in [6.45, 7) is 0.398. The highest BCUT2D eigenvalue weighted by molar-refractivity contribution is 5.94. The van der Waals surface area contributed by atoms with Gasteiger partial charge in [-0.1, -0.05) is 12.1 Å². The molecule has 4 atom stereocenters. The number of imidazole rings is 1. The number of fused-ring (bicyclic) bond motifs is 1. The predicted octanol–water partition coefficient (Wildman–Crippen LogP) is -0.208. The van der Waals surface area contributed by atoms with Crippen LogP contribution in [0.5, 0.6) is 0 Å². The van der Waals surface area contributed by atoms with E-state index in [0.717, 1.165) is 5.56 Å². The molecule has 3 aromatic rings. The van der Waals surface area contributed by atoms with Crippen molar-refractivity contribution in [3.8, 4) is 0 Å². The second kappa shape index (κ2) is 7.74. The van der Waals surface area contributed by atoms with Gasteiger partial charge in [0.15, 0.2) is 11.5 Å². The van der Waals surface area contributed by atoms with Gasteiger partial charge in [0.1, 0.15) is 24.1 Å². The van der Waals surface area contributed by atoms with Gasteiger partial charge in [-0.3, -0.25) is 4.79 Å². The smallest absolute Gasteiger partial charge is 0.251 e. The Kier molecular flexibility index (Phi) is 5.14. The molecule has 1 fully saturated rings. The molecule has 6 N–H and O–H groups in total. The summed E-state index contributed by atoms with van der Waals surface area (Å²) >= 11 is 0. The molecule has 10 nitrogen and oxygen atoms in total. The van der Waals surface area contributed by atoms with E-state index in [4.69, 9.17) is 5.73 Å². The van der Waals surface area contributed by atoms with Crippen molar-refractivity contribution < 1.29 is 15.0 Å². The predicted molar refractivity (Wildman–Crippen MR) is 106 cm³/mol. The topological polar surface area (TPSA) is 151 Å². The number of nitrogens with two attached hydrogens (primary N) is 1. The second-order valence-electron chi connectivity index (χ2n) is 7.06. The lowest BCUT2D eigenvalue weighted by molar-refractivity contribution is 0.0143. The number of aliphatic hydroxyl groups excluding tert-OH is 2. The summed E-state index contributed by atoms with van der Waals surface area (Å²) in [5, 5.41) is 26.9. The molecule has 2 heterocycles. The number of aromatic nitrogens is 4. The van der Waals surface area contributed by atoms with Crippen molar-refractivity contribution in [1.29, 1.82) is 0 Å². The van der Waals surface area contributed by atoms with Crippen LogP contribution < -0.4 is 16.4 Å².